The zero-order chi connectivity index (χ0) is 12.9. The maximum atomic E-state index is 9.63. The van der Waals surface area contributed by atoms with Gasteiger partial charge in [-0.1, -0.05) is 59.3 Å². The Bertz CT molecular complexity index is 83.1. The van der Waals surface area contributed by atoms with E-state index in [9.17, 15) is 15.3 Å². The van der Waals surface area contributed by atoms with Gasteiger partial charge in [0, 0.05) is 37.1 Å². The second-order valence-electron chi connectivity index (χ2n) is 4.68. The normalized spacial score (nSPS) is 8.00. The summed E-state index contributed by atoms with van der Waals surface area (Å²) in [6, 6.07) is 0. The molecule has 114 valence electrons. The van der Waals surface area contributed by atoms with E-state index in [2.05, 4.69) is 0 Å². The van der Waals surface area contributed by atoms with Gasteiger partial charge >= 0.3 is 0 Å². The van der Waals surface area contributed by atoms with Crippen LogP contribution in [0.4, 0.5) is 0 Å². The third-order valence-corrected chi connectivity index (χ3v) is 1.00. The molecule has 4 nitrogen and oxygen atoms in total. The molecule has 0 N–H and O–H groups in total. The summed E-state index contributed by atoms with van der Waals surface area (Å²) in [5.41, 5.74) is 0. The molecule has 0 spiro atoms. The Morgan fingerprint density at radius 2 is 0.611 bits per heavy atom. The molecule has 0 heterocycles. The molecule has 0 atom stereocenters. The molecule has 0 aliphatic carbocycles. The van der Waals surface area contributed by atoms with Gasteiger partial charge in [0.05, 0.1) is 0 Å². The maximum absolute atomic E-state index is 9.63. The minimum absolute atomic E-state index is 0. The standard InChI is InChI=1S/3C4H9O.O.2V/c3*1-4(2)3-5;;;/h3*4H,3H2,1-2H3;;;/q3*-1;-2;;. The number of hydrogen-bond donors (Lipinski definition) is 0. The topological polar surface area (TPSA) is 97.7 Å². The van der Waals surface area contributed by atoms with E-state index in [1.807, 2.05) is 41.5 Å². The Morgan fingerprint density at radius 3 is 0.611 bits per heavy atom. The molecular weight excluding hydrogens is 310 g/mol. The van der Waals surface area contributed by atoms with Gasteiger partial charge in [0.15, 0.2) is 0 Å². The van der Waals surface area contributed by atoms with Crippen LogP contribution in [0.25, 0.3) is 0 Å². The molecule has 18 heavy (non-hydrogen) atoms. The van der Waals surface area contributed by atoms with E-state index in [0.29, 0.717) is 17.8 Å². The van der Waals surface area contributed by atoms with E-state index < -0.39 is 0 Å². The zero-order valence-electron chi connectivity index (χ0n) is 12.4. The summed E-state index contributed by atoms with van der Waals surface area (Å²) in [6.45, 7) is 11.6. The SMILES string of the molecule is CC(C)C[O-].CC(C)C[O-].CC(C)C[O-].[O-2].[V].[V]. The van der Waals surface area contributed by atoms with Gasteiger partial charge in [-0.15, -0.1) is 19.8 Å². The average Bonchev–Trinajstić information content (AvgIpc) is 2.19. The minimum Gasteiger partial charge on any atom is -2.00 e. The third kappa shape index (κ3) is 88.7. The fourth-order valence-corrected chi connectivity index (χ4v) is 0. The Morgan fingerprint density at radius 1 is 0.556 bits per heavy atom. The largest absolute Gasteiger partial charge is 2.00 e. The first-order chi connectivity index (χ1) is 6.81. The summed E-state index contributed by atoms with van der Waals surface area (Å²) in [5, 5.41) is 28.9. The number of rotatable bonds is 3. The summed E-state index contributed by atoms with van der Waals surface area (Å²) in [4.78, 5) is 0. The Balaban J connectivity index is -0.0000000277. The van der Waals surface area contributed by atoms with Gasteiger partial charge < -0.3 is 20.8 Å². The Hall–Kier alpha value is 1.01. The van der Waals surface area contributed by atoms with E-state index in [1.165, 1.54) is 0 Å². The first-order valence-electron chi connectivity index (χ1n) is 5.55. The van der Waals surface area contributed by atoms with Gasteiger partial charge in [-0.2, -0.15) is 0 Å². The van der Waals surface area contributed by atoms with E-state index in [1.54, 1.807) is 0 Å². The molecule has 0 aromatic heterocycles. The van der Waals surface area contributed by atoms with E-state index in [-0.39, 0.29) is 62.4 Å². The van der Waals surface area contributed by atoms with Crippen LogP contribution in [0.3, 0.4) is 0 Å². The van der Waals surface area contributed by atoms with E-state index in [4.69, 9.17) is 0 Å². The van der Waals surface area contributed by atoms with Crippen LogP contribution in [0.1, 0.15) is 41.5 Å². The molecule has 0 aliphatic heterocycles. The Kier molecular flexibility index (Phi) is 62.3. The summed E-state index contributed by atoms with van der Waals surface area (Å²) in [6.07, 6.45) is 0. The first kappa shape index (κ1) is 36.4. The van der Waals surface area contributed by atoms with Crippen molar-refractivity contribution in [2.45, 2.75) is 41.5 Å². The van der Waals surface area contributed by atoms with E-state index >= 15 is 0 Å². The molecule has 0 saturated carbocycles. The molecule has 0 aromatic carbocycles. The van der Waals surface area contributed by atoms with Crippen LogP contribution in [-0.2, 0) is 42.6 Å². The van der Waals surface area contributed by atoms with Crippen molar-refractivity contribution in [1.82, 2.24) is 0 Å². The van der Waals surface area contributed by atoms with Crippen LogP contribution in [-0.4, -0.2) is 19.8 Å². The molecule has 0 fully saturated rings. The molecular formula is C12H27O4V2-5. The summed E-state index contributed by atoms with van der Waals surface area (Å²) in [5.74, 6) is 0.986. The maximum Gasteiger partial charge on any atom is 0 e. The van der Waals surface area contributed by atoms with Crippen molar-refractivity contribution < 1.29 is 57.9 Å². The van der Waals surface area contributed by atoms with Crippen LogP contribution >= 0.6 is 0 Å². The molecule has 2 radical (unpaired) electrons. The number of hydrogen-bond acceptors (Lipinski definition) is 3. The average molecular weight is 337 g/mol. The van der Waals surface area contributed by atoms with Crippen molar-refractivity contribution in [3.05, 3.63) is 0 Å². The van der Waals surface area contributed by atoms with Gasteiger partial charge in [0.1, 0.15) is 0 Å². The molecule has 0 unspecified atom stereocenters. The summed E-state index contributed by atoms with van der Waals surface area (Å²) < 4.78 is 0. The molecule has 0 aliphatic rings. The van der Waals surface area contributed by atoms with Crippen molar-refractivity contribution in [1.29, 1.82) is 0 Å². The first-order valence-corrected chi connectivity index (χ1v) is 5.55. The van der Waals surface area contributed by atoms with Crippen LogP contribution in [0.5, 0.6) is 0 Å². The van der Waals surface area contributed by atoms with Gasteiger partial charge in [-0.05, 0) is 0 Å². The van der Waals surface area contributed by atoms with Crippen LogP contribution < -0.4 is 15.3 Å². The fraction of sp³-hybridized carbons (Fsp3) is 1.00. The quantitative estimate of drug-likeness (QED) is 0.718. The summed E-state index contributed by atoms with van der Waals surface area (Å²) in [7, 11) is 0. The monoisotopic (exact) mass is 337 g/mol. The minimum atomic E-state index is 0. The Labute approximate surface area is 137 Å². The van der Waals surface area contributed by atoms with Crippen molar-refractivity contribution in [2.75, 3.05) is 19.8 Å². The van der Waals surface area contributed by atoms with Crippen LogP contribution in [0.15, 0.2) is 0 Å². The molecule has 0 bridgehead atoms. The van der Waals surface area contributed by atoms with E-state index in [0.717, 1.165) is 0 Å². The smallest absolute Gasteiger partial charge is 0 e. The molecule has 0 rings (SSSR count). The zero-order valence-corrected chi connectivity index (χ0v) is 15.2. The predicted octanol–water partition coefficient (Wildman–Crippen LogP) is -0.116. The second-order valence-corrected chi connectivity index (χ2v) is 4.68. The van der Waals surface area contributed by atoms with Crippen molar-refractivity contribution in [3.8, 4) is 0 Å². The van der Waals surface area contributed by atoms with Crippen molar-refractivity contribution in [2.24, 2.45) is 17.8 Å². The molecule has 0 amide bonds. The third-order valence-electron chi connectivity index (χ3n) is 1.00. The van der Waals surface area contributed by atoms with Gasteiger partial charge in [0.25, 0.3) is 0 Å². The second kappa shape index (κ2) is 30.8. The predicted molar refractivity (Wildman–Crippen MR) is 59.8 cm³/mol. The molecule has 0 aromatic rings. The van der Waals surface area contributed by atoms with Crippen LogP contribution in [0, 0.1) is 17.8 Å². The molecule has 0 saturated heterocycles. The fourth-order valence-electron chi connectivity index (χ4n) is 0. The van der Waals surface area contributed by atoms with Gasteiger partial charge in [-0.3, -0.25) is 0 Å². The van der Waals surface area contributed by atoms with Crippen molar-refractivity contribution >= 4 is 0 Å². The summed E-state index contributed by atoms with van der Waals surface area (Å²) >= 11 is 0. The van der Waals surface area contributed by atoms with Gasteiger partial charge in [0.2, 0.25) is 0 Å². The van der Waals surface area contributed by atoms with Gasteiger partial charge in [-0.25, -0.2) is 0 Å². The molecule has 6 heteroatoms. The van der Waals surface area contributed by atoms with Crippen molar-refractivity contribution in [3.63, 3.8) is 0 Å². The van der Waals surface area contributed by atoms with Crippen LogP contribution in [0.2, 0.25) is 0 Å².